The number of likely N-dealkylation sites (tertiary alicyclic amines) is 1. The van der Waals surface area contributed by atoms with Gasteiger partial charge in [-0.1, -0.05) is 56.0 Å². The summed E-state index contributed by atoms with van der Waals surface area (Å²) in [5.74, 6) is 0.231. The van der Waals surface area contributed by atoms with Crippen LogP contribution in [0, 0.1) is 17.8 Å². The molecule has 20 heavy (non-hydrogen) atoms. The summed E-state index contributed by atoms with van der Waals surface area (Å²) < 4.78 is 0. The zero-order valence-electron chi connectivity index (χ0n) is 11.9. The number of carboxylic acid groups (broad SMARTS) is 1. The van der Waals surface area contributed by atoms with Crippen LogP contribution in [0.25, 0.3) is 0 Å². The highest BCUT2D eigenvalue weighted by atomic mass is 16.4. The van der Waals surface area contributed by atoms with Gasteiger partial charge in [-0.05, 0) is 17.4 Å². The highest BCUT2D eigenvalue weighted by Gasteiger charge is 2.42. The first kappa shape index (κ1) is 13.6. The largest absolute Gasteiger partial charge is 0.481 e. The minimum Gasteiger partial charge on any atom is -0.481 e. The van der Waals surface area contributed by atoms with Crippen LogP contribution in [0.2, 0.25) is 0 Å². The molecule has 0 bridgehead atoms. The fourth-order valence-corrected chi connectivity index (χ4v) is 4.01. The van der Waals surface area contributed by atoms with Crippen molar-refractivity contribution in [2.75, 3.05) is 13.1 Å². The van der Waals surface area contributed by atoms with Gasteiger partial charge in [-0.15, -0.1) is 0 Å². The van der Waals surface area contributed by atoms with Crippen LogP contribution in [-0.4, -0.2) is 29.1 Å². The molecule has 1 saturated carbocycles. The molecule has 2 atom stereocenters. The molecule has 2 fully saturated rings. The van der Waals surface area contributed by atoms with E-state index in [2.05, 4.69) is 29.2 Å². The van der Waals surface area contributed by atoms with Crippen LogP contribution in [0.3, 0.4) is 0 Å². The third-order valence-electron chi connectivity index (χ3n) is 5.01. The monoisotopic (exact) mass is 273 g/mol. The average Bonchev–Trinajstić information content (AvgIpc) is 3.08. The lowest BCUT2D eigenvalue weighted by molar-refractivity contribution is -0.143. The van der Waals surface area contributed by atoms with E-state index < -0.39 is 5.97 Å². The summed E-state index contributed by atoms with van der Waals surface area (Å²) in [6.45, 7) is 2.55. The van der Waals surface area contributed by atoms with Crippen molar-refractivity contribution in [3.05, 3.63) is 35.9 Å². The van der Waals surface area contributed by atoms with Crippen molar-refractivity contribution in [3.8, 4) is 0 Å². The van der Waals surface area contributed by atoms with Gasteiger partial charge in [-0.3, -0.25) is 9.69 Å². The Labute approximate surface area is 120 Å². The van der Waals surface area contributed by atoms with E-state index in [1.807, 2.05) is 6.07 Å². The summed E-state index contributed by atoms with van der Waals surface area (Å²) in [7, 11) is 0. The second kappa shape index (κ2) is 5.96. The summed E-state index contributed by atoms with van der Waals surface area (Å²) in [4.78, 5) is 13.9. The van der Waals surface area contributed by atoms with E-state index in [1.54, 1.807) is 0 Å². The van der Waals surface area contributed by atoms with Crippen molar-refractivity contribution in [1.29, 1.82) is 0 Å². The van der Waals surface area contributed by atoms with Gasteiger partial charge in [0.15, 0.2) is 0 Å². The predicted octanol–water partition coefficient (Wildman–Crippen LogP) is 3.01. The zero-order chi connectivity index (χ0) is 13.9. The van der Waals surface area contributed by atoms with Crippen molar-refractivity contribution < 1.29 is 9.90 Å². The van der Waals surface area contributed by atoms with Crippen LogP contribution in [0.15, 0.2) is 30.3 Å². The van der Waals surface area contributed by atoms with E-state index in [1.165, 1.54) is 31.2 Å². The first-order valence-corrected chi connectivity index (χ1v) is 7.73. The van der Waals surface area contributed by atoms with Gasteiger partial charge < -0.3 is 5.11 Å². The summed E-state index contributed by atoms with van der Waals surface area (Å²) in [6, 6.07) is 10.4. The maximum Gasteiger partial charge on any atom is 0.308 e. The van der Waals surface area contributed by atoms with Crippen molar-refractivity contribution >= 4 is 5.97 Å². The molecular formula is C17H23NO2. The summed E-state index contributed by atoms with van der Waals surface area (Å²) in [5.41, 5.74) is 1.28. The molecule has 108 valence electrons. The molecular weight excluding hydrogens is 250 g/mol. The third-order valence-corrected chi connectivity index (χ3v) is 5.01. The lowest BCUT2D eigenvalue weighted by Crippen LogP contribution is -2.26. The Bertz CT molecular complexity index is 453. The lowest BCUT2D eigenvalue weighted by atomic mass is 9.83. The quantitative estimate of drug-likeness (QED) is 0.916. The Morgan fingerprint density at radius 1 is 1.15 bits per heavy atom. The lowest BCUT2D eigenvalue weighted by Gasteiger charge is -2.21. The smallest absolute Gasteiger partial charge is 0.308 e. The fourth-order valence-electron chi connectivity index (χ4n) is 4.01. The molecule has 0 radical (unpaired) electrons. The maximum atomic E-state index is 11.5. The predicted molar refractivity (Wildman–Crippen MR) is 78.3 cm³/mol. The molecule has 1 saturated heterocycles. The van der Waals surface area contributed by atoms with Crippen LogP contribution in [0.1, 0.15) is 31.2 Å². The Morgan fingerprint density at radius 3 is 2.50 bits per heavy atom. The molecule has 2 aliphatic rings. The number of nitrogens with zero attached hydrogens (tertiary/aromatic N) is 1. The Kier molecular flexibility index (Phi) is 4.06. The molecule has 0 spiro atoms. The molecule has 1 aromatic rings. The van der Waals surface area contributed by atoms with Gasteiger partial charge in [-0.25, -0.2) is 0 Å². The minimum atomic E-state index is -0.600. The van der Waals surface area contributed by atoms with Crippen molar-refractivity contribution in [1.82, 2.24) is 4.90 Å². The van der Waals surface area contributed by atoms with E-state index >= 15 is 0 Å². The SMILES string of the molecule is O=C(O)C1CN(Cc2ccccc2)CC1C1CCCC1. The number of carboxylic acids is 1. The number of rotatable bonds is 4. The van der Waals surface area contributed by atoms with Gasteiger partial charge in [0, 0.05) is 19.6 Å². The normalized spacial score (nSPS) is 28.0. The number of hydrogen-bond donors (Lipinski definition) is 1. The first-order valence-electron chi connectivity index (χ1n) is 7.73. The van der Waals surface area contributed by atoms with E-state index in [0.29, 0.717) is 18.4 Å². The van der Waals surface area contributed by atoms with Gasteiger partial charge in [0.05, 0.1) is 5.92 Å². The summed E-state index contributed by atoms with van der Waals surface area (Å²) in [6.07, 6.45) is 5.03. The fraction of sp³-hybridized carbons (Fsp3) is 0.588. The van der Waals surface area contributed by atoms with Gasteiger partial charge in [0.25, 0.3) is 0 Å². The van der Waals surface area contributed by atoms with Crippen molar-refractivity contribution in [2.45, 2.75) is 32.2 Å². The van der Waals surface area contributed by atoms with Gasteiger partial charge >= 0.3 is 5.97 Å². The van der Waals surface area contributed by atoms with Crippen LogP contribution in [-0.2, 0) is 11.3 Å². The van der Waals surface area contributed by atoms with Gasteiger partial charge in [0.2, 0.25) is 0 Å². The highest BCUT2D eigenvalue weighted by Crippen LogP contribution is 2.39. The second-order valence-electron chi connectivity index (χ2n) is 6.33. The second-order valence-corrected chi connectivity index (χ2v) is 6.33. The molecule has 1 aliphatic carbocycles. The first-order chi connectivity index (χ1) is 9.74. The molecule has 1 N–H and O–H groups in total. The molecule has 3 rings (SSSR count). The molecule has 1 aromatic carbocycles. The molecule has 1 aliphatic heterocycles. The van der Waals surface area contributed by atoms with Gasteiger partial charge in [0.1, 0.15) is 0 Å². The molecule has 3 nitrogen and oxygen atoms in total. The number of hydrogen-bond acceptors (Lipinski definition) is 2. The molecule has 0 aromatic heterocycles. The minimum absolute atomic E-state index is 0.165. The van der Waals surface area contributed by atoms with E-state index in [-0.39, 0.29) is 5.92 Å². The van der Waals surface area contributed by atoms with E-state index in [9.17, 15) is 9.90 Å². The number of benzene rings is 1. The van der Waals surface area contributed by atoms with E-state index in [0.717, 1.165) is 13.1 Å². The third kappa shape index (κ3) is 2.88. The van der Waals surface area contributed by atoms with Crippen LogP contribution in [0.4, 0.5) is 0 Å². The molecule has 2 unspecified atom stereocenters. The van der Waals surface area contributed by atoms with Crippen molar-refractivity contribution in [3.63, 3.8) is 0 Å². The van der Waals surface area contributed by atoms with Gasteiger partial charge in [-0.2, -0.15) is 0 Å². The topological polar surface area (TPSA) is 40.5 Å². The Morgan fingerprint density at radius 2 is 1.85 bits per heavy atom. The summed E-state index contributed by atoms with van der Waals surface area (Å²) >= 11 is 0. The maximum absolute atomic E-state index is 11.5. The van der Waals surface area contributed by atoms with Crippen LogP contribution < -0.4 is 0 Å². The summed E-state index contributed by atoms with van der Waals surface area (Å²) in [5, 5.41) is 9.50. The van der Waals surface area contributed by atoms with Crippen LogP contribution in [0.5, 0.6) is 0 Å². The average molecular weight is 273 g/mol. The molecule has 1 heterocycles. The van der Waals surface area contributed by atoms with Crippen molar-refractivity contribution in [2.24, 2.45) is 17.8 Å². The molecule has 0 amide bonds. The molecule has 3 heteroatoms. The Balaban J connectivity index is 1.68. The Hall–Kier alpha value is -1.35. The van der Waals surface area contributed by atoms with Crippen LogP contribution >= 0.6 is 0 Å². The standard InChI is InChI=1S/C17H23NO2/c19-17(20)16-12-18(10-13-6-2-1-3-7-13)11-15(16)14-8-4-5-9-14/h1-3,6-7,14-16H,4-5,8-12H2,(H,19,20). The highest BCUT2D eigenvalue weighted by molar-refractivity contribution is 5.71. The number of aliphatic carboxylic acids is 1. The van der Waals surface area contributed by atoms with E-state index in [4.69, 9.17) is 0 Å². The zero-order valence-corrected chi connectivity index (χ0v) is 11.9. The number of carbonyl (C=O) groups is 1.